The van der Waals surface area contributed by atoms with E-state index in [4.69, 9.17) is 10.8 Å². The summed E-state index contributed by atoms with van der Waals surface area (Å²) in [6.07, 6.45) is 0.729. The van der Waals surface area contributed by atoms with Crippen molar-refractivity contribution in [2.45, 2.75) is 20.3 Å². The van der Waals surface area contributed by atoms with Crippen LogP contribution in [0.15, 0.2) is 0 Å². The molecule has 0 rings (SSSR count). The van der Waals surface area contributed by atoms with Crippen LogP contribution in [-0.4, -0.2) is 24.3 Å². The number of rotatable bonds is 4. The standard InChI is InChI=1S/C7H16N2O2/c1-7(2,5-10)3-4-9-6(8)11/h10H,3-5H2,1-2H3,(H3,8,9,11). The first-order valence-electron chi connectivity index (χ1n) is 3.62. The number of hydrogen-bond acceptors (Lipinski definition) is 2. The summed E-state index contributed by atoms with van der Waals surface area (Å²) in [6.45, 7) is 4.49. The van der Waals surface area contributed by atoms with E-state index in [2.05, 4.69) is 5.32 Å². The zero-order chi connectivity index (χ0) is 8.91. The second kappa shape index (κ2) is 4.18. The third-order valence-electron chi connectivity index (χ3n) is 1.53. The Kier molecular flexibility index (Phi) is 3.89. The van der Waals surface area contributed by atoms with Crippen molar-refractivity contribution in [1.82, 2.24) is 5.32 Å². The number of primary amides is 1. The molecule has 0 aliphatic rings. The Hall–Kier alpha value is -0.770. The fourth-order valence-corrected chi connectivity index (χ4v) is 0.603. The number of urea groups is 1. The summed E-state index contributed by atoms with van der Waals surface area (Å²) in [6, 6.07) is -0.515. The van der Waals surface area contributed by atoms with Gasteiger partial charge in [0.05, 0.1) is 0 Å². The van der Waals surface area contributed by atoms with Gasteiger partial charge in [0.2, 0.25) is 0 Å². The monoisotopic (exact) mass is 160 g/mol. The molecule has 0 aliphatic carbocycles. The Morgan fingerprint density at radius 3 is 2.55 bits per heavy atom. The number of aliphatic hydroxyl groups is 1. The molecule has 0 radical (unpaired) electrons. The lowest BCUT2D eigenvalue weighted by Gasteiger charge is -2.20. The summed E-state index contributed by atoms with van der Waals surface area (Å²) >= 11 is 0. The molecule has 66 valence electrons. The molecule has 0 aromatic heterocycles. The number of amides is 2. The predicted molar refractivity (Wildman–Crippen MR) is 43.1 cm³/mol. The second-order valence-corrected chi connectivity index (χ2v) is 3.36. The molecule has 0 aromatic carbocycles. The van der Waals surface area contributed by atoms with Gasteiger partial charge in [-0.2, -0.15) is 0 Å². The average Bonchev–Trinajstić information content (AvgIpc) is 1.87. The van der Waals surface area contributed by atoms with E-state index in [0.717, 1.165) is 6.42 Å². The number of nitrogens with one attached hydrogen (secondary N) is 1. The van der Waals surface area contributed by atoms with Gasteiger partial charge >= 0.3 is 6.03 Å². The highest BCUT2D eigenvalue weighted by atomic mass is 16.3. The van der Waals surface area contributed by atoms with Crippen molar-refractivity contribution in [2.75, 3.05) is 13.2 Å². The molecule has 0 saturated heterocycles. The van der Waals surface area contributed by atoms with Crippen LogP contribution in [-0.2, 0) is 0 Å². The molecule has 11 heavy (non-hydrogen) atoms. The third-order valence-corrected chi connectivity index (χ3v) is 1.53. The normalized spacial score (nSPS) is 11.2. The fraction of sp³-hybridized carbons (Fsp3) is 0.857. The summed E-state index contributed by atoms with van der Waals surface area (Å²) in [5, 5.41) is 11.3. The molecule has 0 heterocycles. The van der Waals surface area contributed by atoms with E-state index < -0.39 is 6.03 Å². The second-order valence-electron chi connectivity index (χ2n) is 3.36. The van der Waals surface area contributed by atoms with Crippen LogP contribution in [0.4, 0.5) is 4.79 Å². The first-order valence-corrected chi connectivity index (χ1v) is 3.62. The minimum Gasteiger partial charge on any atom is -0.396 e. The van der Waals surface area contributed by atoms with Gasteiger partial charge in [-0.25, -0.2) is 4.79 Å². The maximum atomic E-state index is 10.2. The van der Waals surface area contributed by atoms with E-state index >= 15 is 0 Å². The third kappa shape index (κ3) is 5.66. The van der Waals surface area contributed by atoms with Crippen LogP contribution in [0.1, 0.15) is 20.3 Å². The minimum atomic E-state index is -0.515. The maximum absolute atomic E-state index is 10.2. The summed E-state index contributed by atoms with van der Waals surface area (Å²) in [5.41, 5.74) is 4.71. The molecular weight excluding hydrogens is 144 g/mol. The Bertz CT molecular complexity index is 134. The van der Waals surface area contributed by atoms with Gasteiger partial charge in [0.25, 0.3) is 0 Å². The van der Waals surface area contributed by atoms with E-state index in [0.29, 0.717) is 6.54 Å². The fourth-order valence-electron chi connectivity index (χ4n) is 0.603. The van der Waals surface area contributed by atoms with E-state index in [1.807, 2.05) is 13.8 Å². The molecule has 0 saturated carbocycles. The van der Waals surface area contributed by atoms with Crippen LogP contribution in [0.2, 0.25) is 0 Å². The summed E-state index contributed by atoms with van der Waals surface area (Å²) < 4.78 is 0. The molecule has 2 amide bonds. The highest BCUT2D eigenvalue weighted by molar-refractivity contribution is 5.71. The molecule has 4 N–H and O–H groups in total. The number of nitrogens with two attached hydrogens (primary N) is 1. The number of carbonyl (C=O) groups is 1. The first-order chi connectivity index (χ1) is 4.98. The Labute approximate surface area is 66.8 Å². The smallest absolute Gasteiger partial charge is 0.312 e. The van der Waals surface area contributed by atoms with Crippen molar-refractivity contribution in [3.05, 3.63) is 0 Å². The van der Waals surface area contributed by atoms with Crippen LogP contribution >= 0.6 is 0 Å². The van der Waals surface area contributed by atoms with Gasteiger partial charge in [-0.15, -0.1) is 0 Å². The predicted octanol–water partition coefficient (Wildman–Crippen LogP) is 0.0633. The summed E-state index contributed by atoms with van der Waals surface area (Å²) in [4.78, 5) is 10.2. The largest absolute Gasteiger partial charge is 0.396 e. The van der Waals surface area contributed by atoms with Crippen molar-refractivity contribution >= 4 is 6.03 Å². The van der Waals surface area contributed by atoms with Crippen LogP contribution in [0.25, 0.3) is 0 Å². The van der Waals surface area contributed by atoms with Crippen molar-refractivity contribution < 1.29 is 9.90 Å². The minimum absolute atomic E-state index is 0.118. The molecule has 0 bridgehead atoms. The van der Waals surface area contributed by atoms with Gasteiger partial charge < -0.3 is 16.2 Å². The highest BCUT2D eigenvalue weighted by Gasteiger charge is 2.15. The Morgan fingerprint density at radius 1 is 1.64 bits per heavy atom. The van der Waals surface area contributed by atoms with Gasteiger partial charge in [0, 0.05) is 13.2 Å². The Balaban J connectivity index is 3.45. The SMILES string of the molecule is CC(C)(CO)CCNC(N)=O. The van der Waals surface area contributed by atoms with Crippen molar-refractivity contribution in [3.63, 3.8) is 0 Å². The zero-order valence-corrected chi connectivity index (χ0v) is 7.05. The maximum Gasteiger partial charge on any atom is 0.312 e. The lowest BCUT2D eigenvalue weighted by atomic mass is 9.91. The van der Waals surface area contributed by atoms with E-state index in [-0.39, 0.29) is 12.0 Å². The van der Waals surface area contributed by atoms with Gasteiger partial charge in [0.1, 0.15) is 0 Å². The van der Waals surface area contributed by atoms with Crippen LogP contribution in [0.3, 0.4) is 0 Å². The average molecular weight is 160 g/mol. The molecule has 4 heteroatoms. The lowest BCUT2D eigenvalue weighted by molar-refractivity contribution is 0.150. The van der Waals surface area contributed by atoms with Crippen molar-refractivity contribution in [2.24, 2.45) is 11.1 Å². The molecule has 4 nitrogen and oxygen atoms in total. The molecule has 0 unspecified atom stereocenters. The van der Waals surface area contributed by atoms with Gasteiger partial charge in [-0.1, -0.05) is 13.8 Å². The molecule has 0 aromatic rings. The van der Waals surface area contributed by atoms with Crippen molar-refractivity contribution in [1.29, 1.82) is 0 Å². The molecular formula is C7H16N2O2. The van der Waals surface area contributed by atoms with Crippen LogP contribution in [0.5, 0.6) is 0 Å². The number of carbonyl (C=O) groups excluding carboxylic acids is 1. The van der Waals surface area contributed by atoms with Gasteiger partial charge in [-0.3, -0.25) is 0 Å². The number of hydrogen-bond donors (Lipinski definition) is 3. The van der Waals surface area contributed by atoms with Crippen LogP contribution < -0.4 is 11.1 Å². The van der Waals surface area contributed by atoms with Gasteiger partial charge in [-0.05, 0) is 11.8 Å². The summed E-state index contributed by atoms with van der Waals surface area (Å²) in [7, 11) is 0. The van der Waals surface area contributed by atoms with Crippen molar-refractivity contribution in [3.8, 4) is 0 Å². The lowest BCUT2D eigenvalue weighted by Crippen LogP contribution is -2.33. The molecule has 0 aliphatic heterocycles. The quantitative estimate of drug-likeness (QED) is 0.544. The highest BCUT2D eigenvalue weighted by Crippen LogP contribution is 2.17. The topological polar surface area (TPSA) is 75.3 Å². The van der Waals surface area contributed by atoms with E-state index in [1.54, 1.807) is 0 Å². The summed E-state index contributed by atoms with van der Waals surface area (Å²) in [5.74, 6) is 0. The zero-order valence-electron chi connectivity index (χ0n) is 7.05. The Morgan fingerprint density at radius 2 is 2.18 bits per heavy atom. The first kappa shape index (κ1) is 10.2. The van der Waals surface area contributed by atoms with E-state index in [9.17, 15) is 4.79 Å². The molecule has 0 fully saturated rings. The number of aliphatic hydroxyl groups excluding tert-OH is 1. The molecule has 0 atom stereocenters. The van der Waals surface area contributed by atoms with Gasteiger partial charge in [0.15, 0.2) is 0 Å². The van der Waals surface area contributed by atoms with Crippen LogP contribution in [0, 0.1) is 5.41 Å². The van der Waals surface area contributed by atoms with E-state index in [1.165, 1.54) is 0 Å². The molecule has 0 spiro atoms.